The summed E-state index contributed by atoms with van der Waals surface area (Å²) in [5.41, 5.74) is 3.42. The molecule has 1 aromatic carbocycles. The third-order valence-corrected chi connectivity index (χ3v) is 3.66. The highest BCUT2D eigenvalue weighted by Crippen LogP contribution is 2.23. The van der Waals surface area contributed by atoms with E-state index >= 15 is 0 Å². The Bertz CT molecular complexity index is 551. The molecular weight excluding hydrogens is 316 g/mol. The molecule has 0 unspecified atom stereocenters. The molecule has 1 saturated heterocycles. The van der Waals surface area contributed by atoms with Crippen LogP contribution in [0.2, 0.25) is 0 Å². The van der Waals surface area contributed by atoms with Crippen LogP contribution >= 0.6 is 0 Å². The average Bonchev–Trinajstić information content (AvgIpc) is 2.60. The summed E-state index contributed by atoms with van der Waals surface area (Å²) in [6.07, 6.45) is -4.72. The molecule has 4 N–H and O–H groups in total. The van der Waals surface area contributed by atoms with Crippen LogP contribution in [0.4, 0.5) is 0 Å². The van der Waals surface area contributed by atoms with Crippen LogP contribution in [0.15, 0.2) is 42.7 Å². The average molecular weight is 338 g/mol. The van der Waals surface area contributed by atoms with Crippen molar-refractivity contribution in [3.63, 3.8) is 0 Å². The Morgan fingerprint density at radius 3 is 2.46 bits per heavy atom. The minimum absolute atomic E-state index is 0.121. The highest BCUT2D eigenvalue weighted by Gasteiger charge is 2.43. The van der Waals surface area contributed by atoms with Crippen molar-refractivity contribution in [2.45, 2.75) is 37.3 Å². The van der Waals surface area contributed by atoms with Gasteiger partial charge in [-0.15, -0.1) is 5.73 Å². The first-order chi connectivity index (χ1) is 11.6. The maximum Gasteiger partial charge on any atom is 0.187 e. The number of aliphatic hydroxyl groups excluding tert-OH is 4. The predicted molar refractivity (Wildman–Crippen MR) is 84.2 cm³/mol. The molecule has 132 valence electrons. The molecule has 7 heteroatoms. The largest absolute Gasteiger partial charge is 0.489 e. The minimum Gasteiger partial charge on any atom is -0.489 e. The van der Waals surface area contributed by atoms with Gasteiger partial charge in [-0.2, -0.15) is 0 Å². The first kappa shape index (κ1) is 18.6. The number of ether oxygens (including phenoxy) is 3. The Morgan fingerprint density at radius 2 is 1.83 bits per heavy atom. The number of aliphatic hydroxyl groups is 4. The Morgan fingerprint density at radius 1 is 1.12 bits per heavy atom. The third kappa shape index (κ3) is 4.66. The second kappa shape index (κ2) is 8.96. The van der Waals surface area contributed by atoms with Crippen LogP contribution in [0.1, 0.15) is 5.56 Å². The second-order valence-corrected chi connectivity index (χ2v) is 5.37. The van der Waals surface area contributed by atoms with E-state index in [1.807, 2.05) is 0 Å². The molecule has 0 saturated carbocycles. The smallest absolute Gasteiger partial charge is 0.187 e. The van der Waals surface area contributed by atoms with E-state index in [-0.39, 0.29) is 6.61 Å². The number of benzene rings is 1. The molecule has 1 fully saturated rings. The van der Waals surface area contributed by atoms with Crippen molar-refractivity contribution in [3.8, 4) is 5.75 Å². The molecule has 0 radical (unpaired) electrons. The van der Waals surface area contributed by atoms with Gasteiger partial charge in [0.25, 0.3) is 0 Å². The monoisotopic (exact) mass is 338 g/mol. The maximum absolute atomic E-state index is 9.89. The van der Waals surface area contributed by atoms with E-state index in [0.717, 1.165) is 5.56 Å². The van der Waals surface area contributed by atoms with Crippen molar-refractivity contribution >= 4 is 0 Å². The Hall–Kier alpha value is -1.70. The summed E-state index contributed by atoms with van der Waals surface area (Å²) >= 11 is 0. The molecule has 1 aliphatic heterocycles. The molecule has 1 aliphatic rings. The van der Waals surface area contributed by atoms with Gasteiger partial charge in [0.2, 0.25) is 0 Å². The summed E-state index contributed by atoms with van der Waals surface area (Å²) in [6.45, 7) is 3.45. The van der Waals surface area contributed by atoms with E-state index in [0.29, 0.717) is 12.4 Å². The van der Waals surface area contributed by atoms with Crippen molar-refractivity contribution in [1.29, 1.82) is 0 Å². The third-order valence-electron chi connectivity index (χ3n) is 3.66. The van der Waals surface area contributed by atoms with Crippen LogP contribution in [-0.2, 0) is 16.1 Å². The number of hydrogen-bond donors (Lipinski definition) is 4. The van der Waals surface area contributed by atoms with Gasteiger partial charge < -0.3 is 34.6 Å². The Labute approximate surface area is 140 Å². The van der Waals surface area contributed by atoms with Crippen LogP contribution < -0.4 is 4.74 Å². The summed E-state index contributed by atoms with van der Waals surface area (Å²) in [6, 6.07) is 7.11. The molecule has 0 aliphatic carbocycles. The lowest BCUT2D eigenvalue weighted by atomic mass is 9.99. The zero-order valence-electron chi connectivity index (χ0n) is 13.1. The van der Waals surface area contributed by atoms with E-state index in [4.69, 9.17) is 19.3 Å². The summed E-state index contributed by atoms with van der Waals surface area (Å²) in [4.78, 5) is 0. The van der Waals surface area contributed by atoms with Gasteiger partial charge in [-0.25, -0.2) is 0 Å². The van der Waals surface area contributed by atoms with Crippen LogP contribution in [0.5, 0.6) is 5.75 Å². The molecule has 24 heavy (non-hydrogen) atoms. The van der Waals surface area contributed by atoms with Crippen molar-refractivity contribution < 1.29 is 34.6 Å². The maximum atomic E-state index is 9.89. The molecule has 0 aromatic heterocycles. The van der Waals surface area contributed by atoms with E-state index in [9.17, 15) is 15.3 Å². The molecule has 7 nitrogen and oxygen atoms in total. The van der Waals surface area contributed by atoms with Gasteiger partial charge in [0.1, 0.15) is 36.8 Å². The van der Waals surface area contributed by atoms with Gasteiger partial charge in [0.15, 0.2) is 6.29 Å². The summed E-state index contributed by atoms with van der Waals surface area (Å²) in [7, 11) is 0. The Balaban J connectivity index is 1.89. The summed E-state index contributed by atoms with van der Waals surface area (Å²) < 4.78 is 16.1. The summed E-state index contributed by atoms with van der Waals surface area (Å²) in [5, 5.41) is 38.4. The van der Waals surface area contributed by atoms with Crippen LogP contribution in [0.25, 0.3) is 0 Å². The van der Waals surface area contributed by atoms with E-state index in [2.05, 4.69) is 12.3 Å². The second-order valence-electron chi connectivity index (χ2n) is 5.37. The van der Waals surface area contributed by atoms with Crippen LogP contribution in [0.3, 0.4) is 0 Å². The fourth-order valence-electron chi connectivity index (χ4n) is 2.26. The van der Waals surface area contributed by atoms with Gasteiger partial charge >= 0.3 is 0 Å². The highest BCUT2D eigenvalue weighted by atomic mass is 16.7. The van der Waals surface area contributed by atoms with Gasteiger partial charge in [-0.3, -0.25) is 0 Å². The van der Waals surface area contributed by atoms with Crippen molar-refractivity contribution in [3.05, 3.63) is 48.2 Å². The lowest BCUT2D eigenvalue weighted by Crippen LogP contribution is -2.59. The molecule has 1 aromatic rings. The fourth-order valence-corrected chi connectivity index (χ4v) is 2.26. The SMILES string of the molecule is C=C=CCOc1ccc(CO[C@@H]2O[C@H](CO)[C@@H](O)[C@H](O)[C@@H]2O)cc1. The zero-order valence-corrected chi connectivity index (χ0v) is 13.1. The lowest BCUT2D eigenvalue weighted by Gasteiger charge is -2.39. The van der Waals surface area contributed by atoms with Crippen molar-refractivity contribution in [2.75, 3.05) is 13.2 Å². The van der Waals surface area contributed by atoms with Crippen LogP contribution in [-0.4, -0.2) is 64.3 Å². The van der Waals surface area contributed by atoms with E-state index in [1.165, 1.54) is 0 Å². The number of rotatable bonds is 7. The molecule has 1 heterocycles. The quantitative estimate of drug-likeness (QED) is 0.507. The fraction of sp³-hybridized carbons (Fsp3) is 0.471. The first-order valence-electron chi connectivity index (χ1n) is 7.55. The molecular formula is C17H22O7. The molecule has 5 atom stereocenters. The first-order valence-corrected chi connectivity index (χ1v) is 7.55. The van der Waals surface area contributed by atoms with Gasteiger partial charge in [0.05, 0.1) is 13.2 Å². The summed E-state index contributed by atoms with van der Waals surface area (Å²) in [5.74, 6) is 0.679. The van der Waals surface area contributed by atoms with Crippen molar-refractivity contribution in [1.82, 2.24) is 0 Å². The van der Waals surface area contributed by atoms with Gasteiger partial charge in [0, 0.05) is 0 Å². The topological polar surface area (TPSA) is 109 Å². The predicted octanol–water partition coefficient (Wildman–Crippen LogP) is -0.277. The van der Waals surface area contributed by atoms with Crippen LogP contribution in [0, 0.1) is 0 Å². The number of hydrogen-bond acceptors (Lipinski definition) is 7. The Kier molecular flexibility index (Phi) is 6.96. The van der Waals surface area contributed by atoms with Gasteiger partial charge in [-0.1, -0.05) is 18.7 Å². The normalized spacial score (nSPS) is 29.8. The standard InChI is InChI=1S/C17H22O7/c1-2-3-8-22-12-6-4-11(5-7-12)10-23-17-16(21)15(20)14(19)13(9-18)24-17/h3-7,13-21H,1,8-10H2/t13-,14-,15+,16+,17-/m1/s1. The molecule has 0 amide bonds. The molecule has 0 spiro atoms. The minimum atomic E-state index is -1.45. The lowest BCUT2D eigenvalue weighted by molar-refractivity contribution is -0.304. The zero-order chi connectivity index (χ0) is 17.5. The van der Waals surface area contributed by atoms with Crippen molar-refractivity contribution in [2.24, 2.45) is 0 Å². The molecule has 2 rings (SSSR count). The van der Waals surface area contributed by atoms with E-state index < -0.39 is 37.3 Å². The van der Waals surface area contributed by atoms with Gasteiger partial charge in [-0.05, 0) is 23.8 Å². The molecule has 0 bridgehead atoms. The van der Waals surface area contributed by atoms with E-state index in [1.54, 1.807) is 30.3 Å². The highest BCUT2D eigenvalue weighted by molar-refractivity contribution is 5.27.